The van der Waals surface area contributed by atoms with Gasteiger partial charge in [-0.2, -0.15) is 0 Å². The number of hydrogen-bond acceptors (Lipinski definition) is 2. The molecule has 0 amide bonds. The third kappa shape index (κ3) is 5.96. The van der Waals surface area contributed by atoms with Gasteiger partial charge < -0.3 is 9.32 Å². The lowest BCUT2D eigenvalue weighted by Gasteiger charge is -2.35. The van der Waals surface area contributed by atoms with Gasteiger partial charge in [0.25, 0.3) is 0 Å². The monoisotopic (exact) mass is 871 g/mol. The zero-order valence-electron chi connectivity index (χ0n) is 37.9. The third-order valence-electron chi connectivity index (χ3n) is 16.0. The number of anilines is 3. The molecule has 3 aliphatic carbocycles. The highest BCUT2D eigenvalue weighted by Crippen LogP contribution is 2.59. The molecule has 0 spiro atoms. The first kappa shape index (κ1) is 39.2. The zero-order valence-corrected chi connectivity index (χ0v) is 37.9. The molecule has 4 atom stereocenters. The largest absolute Gasteiger partial charge is 0.456 e. The van der Waals surface area contributed by atoms with Crippen molar-refractivity contribution in [3.8, 4) is 33.4 Å². The molecule has 0 aliphatic heterocycles. The Kier molecular flexibility index (Phi) is 8.99. The second-order valence-corrected chi connectivity index (χ2v) is 19.5. The maximum absolute atomic E-state index is 6.60. The third-order valence-corrected chi connectivity index (χ3v) is 16.0. The van der Waals surface area contributed by atoms with Gasteiger partial charge in [0, 0.05) is 33.8 Å². The van der Waals surface area contributed by atoms with Crippen molar-refractivity contribution in [3.05, 3.63) is 258 Å². The summed E-state index contributed by atoms with van der Waals surface area (Å²) in [6, 6.07) is 85.7. The number of benzene rings is 10. The lowest BCUT2D eigenvalue weighted by Crippen LogP contribution is -2.28. The van der Waals surface area contributed by atoms with Gasteiger partial charge in [0.05, 0.1) is 11.1 Å². The smallest absolute Gasteiger partial charge is 0.137 e. The van der Waals surface area contributed by atoms with Crippen molar-refractivity contribution in [2.45, 2.75) is 37.0 Å². The van der Waals surface area contributed by atoms with Gasteiger partial charge >= 0.3 is 0 Å². The lowest BCUT2D eigenvalue weighted by molar-refractivity contribution is 0.420. The number of hydrogen-bond donors (Lipinski definition) is 0. The zero-order chi connectivity index (χ0) is 44.8. The van der Waals surface area contributed by atoms with Crippen molar-refractivity contribution in [2.24, 2.45) is 11.8 Å². The van der Waals surface area contributed by atoms with Gasteiger partial charge in [-0.15, -0.1) is 0 Å². The molecule has 10 aromatic carbocycles. The van der Waals surface area contributed by atoms with Crippen LogP contribution < -0.4 is 4.90 Å². The second-order valence-electron chi connectivity index (χ2n) is 19.5. The van der Waals surface area contributed by atoms with Gasteiger partial charge in [-0.25, -0.2) is 0 Å². The molecule has 324 valence electrons. The first-order valence-corrected chi connectivity index (χ1v) is 24.5. The summed E-state index contributed by atoms with van der Waals surface area (Å²) in [5, 5.41) is 4.69. The van der Waals surface area contributed by atoms with E-state index in [1.54, 1.807) is 0 Å². The molecule has 2 saturated carbocycles. The van der Waals surface area contributed by atoms with Gasteiger partial charge in [-0.1, -0.05) is 194 Å². The molecule has 2 heteroatoms. The number of furan rings is 1. The summed E-state index contributed by atoms with van der Waals surface area (Å²) in [5.41, 5.74) is 18.8. The second kappa shape index (κ2) is 15.6. The van der Waals surface area contributed by atoms with Crippen molar-refractivity contribution < 1.29 is 4.42 Å². The predicted molar refractivity (Wildman–Crippen MR) is 282 cm³/mol. The molecule has 1 aromatic heterocycles. The number of rotatable bonds is 8. The molecule has 3 aliphatic rings. The molecule has 0 radical (unpaired) electrons. The first-order chi connectivity index (χ1) is 33.7. The predicted octanol–water partition coefficient (Wildman–Crippen LogP) is 17.8. The Morgan fingerprint density at radius 2 is 1.09 bits per heavy atom. The highest BCUT2D eigenvalue weighted by Gasteiger charge is 2.47. The van der Waals surface area contributed by atoms with Crippen LogP contribution in [0.4, 0.5) is 17.1 Å². The Labute approximate surface area is 397 Å². The molecule has 68 heavy (non-hydrogen) atoms. The van der Waals surface area contributed by atoms with E-state index in [4.69, 9.17) is 4.42 Å². The Morgan fingerprint density at radius 3 is 1.90 bits per heavy atom. The lowest BCUT2D eigenvalue weighted by atomic mass is 9.67. The molecule has 2 bridgehead atoms. The van der Waals surface area contributed by atoms with E-state index < -0.39 is 5.41 Å². The van der Waals surface area contributed by atoms with Gasteiger partial charge in [-0.05, 0) is 140 Å². The van der Waals surface area contributed by atoms with Gasteiger partial charge in [-0.3, -0.25) is 0 Å². The molecule has 1 heterocycles. The van der Waals surface area contributed by atoms with Crippen LogP contribution in [-0.2, 0) is 5.41 Å². The van der Waals surface area contributed by atoms with Crippen LogP contribution in [0.25, 0.3) is 66.1 Å². The van der Waals surface area contributed by atoms with Crippen molar-refractivity contribution >= 4 is 49.8 Å². The van der Waals surface area contributed by atoms with Crippen molar-refractivity contribution in [1.82, 2.24) is 0 Å². The molecule has 2 nitrogen and oxygen atoms in total. The Balaban J connectivity index is 0.971. The summed E-state index contributed by atoms with van der Waals surface area (Å²) in [5.74, 6) is 2.40. The molecule has 0 N–H and O–H groups in total. The van der Waals surface area contributed by atoms with E-state index in [0.29, 0.717) is 5.92 Å². The van der Waals surface area contributed by atoms with Crippen LogP contribution in [0.3, 0.4) is 0 Å². The fourth-order valence-corrected chi connectivity index (χ4v) is 13.1. The highest BCUT2D eigenvalue weighted by atomic mass is 16.3. The van der Waals surface area contributed by atoms with Crippen molar-refractivity contribution in [1.29, 1.82) is 0 Å². The molecule has 2 fully saturated rings. The minimum atomic E-state index is -0.494. The molecular formula is C66H49NO. The van der Waals surface area contributed by atoms with Crippen LogP contribution in [0.1, 0.15) is 59.4 Å². The Bertz CT molecular complexity index is 3710. The van der Waals surface area contributed by atoms with Crippen LogP contribution in [-0.4, -0.2) is 0 Å². The average Bonchev–Trinajstić information content (AvgIpc) is 4.21. The number of para-hydroxylation sites is 2. The van der Waals surface area contributed by atoms with E-state index in [1.165, 1.54) is 92.1 Å². The molecule has 11 aromatic rings. The van der Waals surface area contributed by atoms with Crippen LogP contribution in [0.15, 0.2) is 235 Å². The van der Waals surface area contributed by atoms with E-state index in [9.17, 15) is 0 Å². The molecule has 14 rings (SSSR count). The summed E-state index contributed by atoms with van der Waals surface area (Å²) >= 11 is 0. The van der Waals surface area contributed by atoms with Gasteiger partial charge in [0.1, 0.15) is 11.2 Å². The standard InChI is InChI=1S/C66H49NO/c1-3-15-44(16-4-1)52-24-13-17-45-18-14-25-57(65(45)52)54-22-8-11-27-62(54)67(51-36-37-56-55-23-9-12-28-63(55)68-64(56)42-51)50-34-32-49(33-35-50)66(48-19-5-2-6-20-48)60-26-10-7-21-53(60)59-41-47(31-38-61(59)66)58-40-43-29-30-46(58)39-43/h1-28,31-38,41-43,46,58H,29-30,39-40H2. The Morgan fingerprint density at radius 1 is 0.426 bits per heavy atom. The van der Waals surface area contributed by atoms with E-state index in [1.807, 2.05) is 6.07 Å². The van der Waals surface area contributed by atoms with E-state index in [0.717, 1.165) is 56.4 Å². The summed E-state index contributed by atoms with van der Waals surface area (Å²) < 4.78 is 6.60. The van der Waals surface area contributed by atoms with Crippen molar-refractivity contribution in [3.63, 3.8) is 0 Å². The summed E-state index contributed by atoms with van der Waals surface area (Å²) in [7, 11) is 0. The van der Waals surface area contributed by atoms with Gasteiger partial charge in [0.15, 0.2) is 0 Å². The van der Waals surface area contributed by atoms with E-state index in [2.05, 4.69) is 229 Å². The average molecular weight is 872 g/mol. The molecular weight excluding hydrogens is 823 g/mol. The van der Waals surface area contributed by atoms with Crippen LogP contribution >= 0.6 is 0 Å². The minimum absolute atomic E-state index is 0.494. The fourth-order valence-electron chi connectivity index (χ4n) is 13.1. The van der Waals surface area contributed by atoms with E-state index >= 15 is 0 Å². The number of fused-ring (bicyclic) bond motifs is 9. The van der Waals surface area contributed by atoms with Crippen LogP contribution in [0.5, 0.6) is 0 Å². The SMILES string of the molecule is c1ccc(-c2cccc3cccc(-c4ccccc4N(c4ccc(C5(c6ccccc6)c6ccccc6-c6cc(C7CC8CCC7C8)ccc65)cc4)c4ccc5c(c4)oc4ccccc45)c23)cc1. The normalized spacial score (nSPS) is 19.1. The van der Waals surface area contributed by atoms with Crippen molar-refractivity contribution in [2.75, 3.05) is 4.90 Å². The van der Waals surface area contributed by atoms with E-state index in [-0.39, 0.29) is 0 Å². The topological polar surface area (TPSA) is 16.4 Å². The fraction of sp³-hybridized carbons (Fsp3) is 0.121. The first-order valence-electron chi connectivity index (χ1n) is 24.5. The Hall–Kier alpha value is -7.94. The molecule has 4 unspecified atom stereocenters. The van der Waals surface area contributed by atoms with Gasteiger partial charge in [0.2, 0.25) is 0 Å². The minimum Gasteiger partial charge on any atom is -0.456 e. The highest BCUT2D eigenvalue weighted by molar-refractivity contribution is 6.10. The maximum Gasteiger partial charge on any atom is 0.137 e. The summed E-state index contributed by atoms with van der Waals surface area (Å²) in [6.07, 6.45) is 5.54. The maximum atomic E-state index is 6.60. The summed E-state index contributed by atoms with van der Waals surface area (Å²) in [4.78, 5) is 2.43. The summed E-state index contributed by atoms with van der Waals surface area (Å²) in [6.45, 7) is 0. The van der Waals surface area contributed by atoms with Crippen LogP contribution in [0.2, 0.25) is 0 Å². The number of nitrogens with zero attached hydrogens (tertiary/aromatic N) is 1. The quantitative estimate of drug-likeness (QED) is 0.151. The van der Waals surface area contributed by atoms with Crippen LogP contribution in [0, 0.1) is 11.8 Å². The molecule has 0 saturated heterocycles.